The molecule has 0 atom stereocenters. The van der Waals surface area contributed by atoms with Crippen LogP contribution in [0.3, 0.4) is 0 Å². The monoisotopic (exact) mass is 424 g/mol. The van der Waals surface area contributed by atoms with Gasteiger partial charge in [-0.2, -0.15) is 0 Å². The third-order valence-corrected chi connectivity index (χ3v) is 5.92. The number of aromatic nitrogens is 2. The van der Waals surface area contributed by atoms with Gasteiger partial charge < -0.3 is 9.47 Å². The lowest BCUT2D eigenvalue weighted by Crippen LogP contribution is -2.26. The second-order valence-electron chi connectivity index (χ2n) is 8.17. The number of hydrogen-bond acceptors (Lipinski definition) is 5. The molecule has 5 rings (SSSR count). The summed E-state index contributed by atoms with van der Waals surface area (Å²) < 4.78 is 35.7. The van der Waals surface area contributed by atoms with Gasteiger partial charge in [0.05, 0.1) is 11.1 Å². The summed E-state index contributed by atoms with van der Waals surface area (Å²) >= 11 is 0. The van der Waals surface area contributed by atoms with Crippen molar-refractivity contribution in [1.29, 1.82) is 0 Å². The van der Waals surface area contributed by atoms with Crippen molar-refractivity contribution in [2.75, 3.05) is 0 Å². The summed E-state index contributed by atoms with van der Waals surface area (Å²) in [7, 11) is 0. The first kappa shape index (κ1) is 19.6. The van der Waals surface area contributed by atoms with E-state index in [-0.39, 0.29) is 25.1 Å². The number of aryl methyl sites for hydroxylation is 2. The summed E-state index contributed by atoms with van der Waals surface area (Å²) in [5.41, 5.74) is 4.28. The molecule has 1 fully saturated rings. The number of rotatable bonds is 5. The van der Waals surface area contributed by atoms with Crippen LogP contribution < -0.4 is 9.47 Å². The van der Waals surface area contributed by atoms with Crippen LogP contribution in [0, 0.1) is 13.8 Å². The standard InChI is InChI=1S/C24H20F2N2O3.H2/c1-14-3-7-18(28-22(14)16-5-4-15(2)27-13-16)12-21(29)23(9-10-23)17-6-8-19-20(11-17)31-24(25,26)30-19;/h3-8,11,13H,9-10,12H2,1-2H3;1H. The van der Waals surface area contributed by atoms with E-state index in [2.05, 4.69) is 14.5 Å². The van der Waals surface area contributed by atoms with Crippen LogP contribution >= 0.6 is 0 Å². The van der Waals surface area contributed by atoms with E-state index in [4.69, 9.17) is 4.98 Å². The molecule has 1 aromatic carbocycles. The maximum Gasteiger partial charge on any atom is 0.586 e. The van der Waals surface area contributed by atoms with Gasteiger partial charge in [0.25, 0.3) is 0 Å². The number of fused-ring (bicyclic) bond motifs is 1. The zero-order chi connectivity index (χ0) is 21.8. The first-order valence-electron chi connectivity index (χ1n) is 10.1. The molecule has 5 nitrogen and oxygen atoms in total. The maximum absolute atomic E-state index is 13.3. The van der Waals surface area contributed by atoms with Crippen molar-refractivity contribution in [3.8, 4) is 22.8 Å². The Hall–Kier alpha value is -3.35. The van der Waals surface area contributed by atoms with Crippen LogP contribution in [0.5, 0.6) is 11.5 Å². The van der Waals surface area contributed by atoms with Crippen molar-refractivity contribution in [3.63, 3.8) is 0 Å². The Balaban J connectivity index is 0.00000245. The van der Waals surface area contributed by atoms with Gasteiger partial charge in [0.15, 0.2) is 11.5 Å². The van der Waals surface area contributed by atoms with Crippen LogP contribution in [0.2, 0.25) is 0 Å². The molecule has 3 aromatic rings. The zero-order valence-corrected chi connectivity index (χ0v) is 17.1. The number of benzene rings is 1. The molecule has 160 valence electrons. The molecule has 0 saturated heterocycles. The fourth-order valence-electron chi connectivity index (χ4n) is 4.00. The summed E-state index contributed by atoms with van der Waals surface area (Å²) in [6.07, 6.45) is -0.391. The lowest BCUT2D eigenvalue weighted by Gasteiger charge is -2.15. The maximum atomic E-state index is 13.3. The molecule has 2 aliphatic rings. The summed E-state index contributed by atoms with van der Waals surface area (Å²) in [6, 6.07) is 12.3. The number of halogens is 2. The minimum Gasteiger partial charge on any atom is -0.395 e. The van der Waals surface area contributed by atoms with Crippen molar-refractivity contribution < 1.29 is 24.5 Å². The van der Waals surface area contributed by atoms with E-state index in [1.165, 1.54) is 12.1 Å². The Kier molecular flexibility index (Phi) is 4.32. The quantitative estimate of drug-likeness (QED) is 0.565. The van der Waals surface area contributed by atoms with Crippen LogP contribution in [0.25, 0.3) is 11.3 Å². The largest absolute Gasteiger partial charge is 0.586 e. The van der Waals surface area contributed by atoms with Crippen molar-refractivity contribution in [2.24, 2.45) is 0 Å². The first-order chi connectivity index (χ1) is 14.8. The van der Waals surface area contributed by atoms with Crippen molar-refractivity contribution >= 4 is 5.78 Å². The number of alkyl halides is 2. The molecule has 0 spiro atoms. The third kappa shape index (κ3) is 3.54. The molecule has 1 saturated carbocycles. The average Bonchev–Trinajstić information content (AvgIpc) is 3.47. The second-order valence-corrected chi connectivity index (χ2v) is 8.17. The normalized spacial score (nSPS) is 17.4. The number of ketones is 1. The molecular weight excluding hydrogens is 402 g/mol. The van der Waals surface area contributed by atoms with Gasteiger partial charge in [-0.05, 0) is 68.1 Å². The second kappa shape index (κ2) is 6.83. The molecule has 2 aromatic heterocycles. The molecule has 3 heterocycles. The molecule has 0 unspecified atom stereocenters. The van der Waals surface area contributed by atoms with Crippen LogP contribution in [0.15, 0.2) is 48.7 Å². The SMILES string of the molecule is Cc1ccc(-c2nc(CC(=O)C3(c4ccc5c(c4)OC(F)(F)O5)CC3)ccc2C)cn1.[HH]. The van der Waals surface area contributed by atoms with Gasteiger partial charge in [-0.25, -0.2) is 0 Å². The number of hydrogen-bond donors (Lipinski definition) is 0. The van der Waals surface area contributed by atoms with Crippen molar-refractivity contribution in [2.45, 2.75) is 44.8 Å². The van der Waals surface area contributed by atoms with Crippen LogP contribution in [-0.4, -0.2) is 22.0 Å². The fourth-order valence-corrected chi connectivity index (χ4v) is 4.00. The molecule has 1 aliphatic heterocycles. The van der Waals surface area contributed by atoms with E-state index < -0.39 is 11.7 Å². The van der Waals surface area contributed by atoms with E-state index in [9.17, 15) is 13.6 Å². The Morgan fingerprint density at radius 2 is 1.84 bits per heavy atom. The molecular formula is C24H22F2N2O3. The molecule has 7 heteroatoms. The van der Waals surface area contributed by atoms with Gasteiger partial charge in [-0.15, -0.1) is 8.78 Å². The van der Waals surface area contributed by atoms with Gasteiger partial charge in [-0.3, -0.25) is 14.8 Å². The minimum absolute atomic E-state index is 0. The van der Waals surface area contributed by atoms with Gasteiger partial charge in [0.1, 0.15) is 5.78 Å². The minimum atomic E-state index is -3.67. The van der Waals surface area contributed by atoms with Crippen LogP contribution in [-0.2, 0) is 16.6 Å². The molecule has 31 heavy (non-hydrogen) atoms. The van der Waals surface area contributed by atoms with E-state index in [0.717, 1.165) is 22.5 Å². The van der Waals surface area contributed by atoms with Crippen LogP contribution in [0.1, 0.15) is 36.8 Å². The first-order valence-corrected chi connectivity index (χ1v) is 10.1. The van der Waals surface area contributed by atoms with E-state index in [1.54, 1.807) is 12.3 Å². The topological polar surface area (TPSA) is 61.3 Å². The average molecular weight is 424 g/mol. The highest BCUT2D eigenvalue weighted by Gasteiger charge is 2.52. The van der Waals surface area contributed by atoms with Gasteiger partial charge >= 0.3 is 6.29 Å². The summed E-state index contributed by atoms with van der Waals surface area (Å²) in [4.78, 5) is 22.3. The highest BCUT2D eigenvalue weighted by Crippen LogP contribution is 2.52. The number of carbonyl (C=O) groups excluding carboxylic acids is 1. The zero-order valence-electron chi connectivity index (χ0n) is 17.1. The Morgan fingerprint density at radius 3 is 2.55 bits per heavy atom. The number of pyridine rings is 2. The summed E-state index contributed by atoms with van der Waals surface area (Å²) in [5.74, 6) is -0.0415. The van der Waals surface area contributed by atoms with E-state index in [0.29, 0.717) is 24.1 Å². The molecule has 1 aliphatic carbocycles. The fraction of sp³-hybridized carbons (Fsp3) is 0.292. The lowest BCUT2D eigenvalue weighted by molar-refractivity contribution is -0.286. The third-order valence-electron chi connectivity index (χ3n) is 5.92. The van der Waals surface area contributed by atoms with E-state index in [1.807, 2.05) is 38.1 Å². The smallest absolute Gasteiger partial charge is 0.395 e. The lowest BCUT2D eigenvalue weighted by atomic mass is 9.88. The number of nitrogens with zero attached hydrogens (tertiary/aromatic N) is 2. The highest BCUT2D eigenvalue weighted by molar-refractivity contribution is 5.94. The van der Waals surface area contributed by atoms with Crippen molar-refractivity contribution in [1.82, 2.24) is 9.97 Å². The van der Waals surface area contributed by atoms with Crippen molar-refractivity contribution in [3.05, 3.63) is 71.2 Å². The Bertz CT molecular complexity index is 1190. The number of ether oxygens (including phenoxy) is 2. The highest BCUT2D eigenvalue weighted by atomic mass is 19.3. The van der Waals surface area contributed by atoms with Gasteiger partial charge in [-0.1, -0.05) is 12.1 Å². The molecule has 0 N–H and O–H groups in total. The summed E-state index contributed by atoms with van der Waals surface area (Å²) in [6.45, 7) is 3.89. The van der Waals surface area contributed by atoms with Gasteiger partial charge in [0.2, 0.25) is 0 Å². The van der Waals surface area contributed by atoms with E-state index >= 15 is 0 Å². The predicted octanol–water partition coefficient (Wildman–Crippen LogP) is 5.17. The van der Waals surface area contributed by atoms with Gasteiger partial charge in [0, 0.05) is 31.0 Å². The predicted molar refractivity (Wildman–Crippen MR) is 111 cm³/mol. The molecule has 0 bridgehead atoms. The number of carbonyl (C=O) groups is 1. The molecule has 0 amide bonds. The Morgan fingerprint density at radius 1 is 1.06 bits per heavy atom. The number of Topliss-reactive ketones (excluding diaryl/α,β-unsaturated/α-hetero) is 1. The Labute approximate surface area is 179 Å². The molecule has 0 radical (unpaired) electrons. The van der Waals surface area contributed by atoms with Crippen LogP contribution in [0.4, 0.5) is 8.78 Å². The summed E-state index contributed by atoms with van der Waals surface area (Å²) in [5, 5.41) is 0.